The van der Waals surface area contributed by atoms with E-state index >= 15 is 0 Å². The average molecular weight is 241 g/mol. The third-order valence-corrected chi connectivity index (χ3v) is 3.05. The van der Waals surface area contributed by atoms with Crippen LogP contribution in [0.15, 0.2) is 11.0 Å². The second-order valence-corrected chi connectivity index (χ2v) is 4.51. The number of carboxylic acid groups (broad SMARTS) is 1. The van der Waals surface area contributed by atoms with Gasteiger partial charge in [0.05, 0.1) is 17.9 Å². The number of aromatic nitrogens is 1. The highest BCUT2D eigenvalue weighted by atomic mass is 32.2. The molecule has 1 N–H and O–H groups in total. The molecule has 0 amide bonds. The number of methoxy groups -OCH3 is 1. The lowest BCUT2D eigenvalue weighted by Gasteiger charge is -2.09. The Morgan fingerprint density at radius 1 is 1.56 bits per heavy atom. The second-order valence-electron chi connectivity index (χ2n) is 3.37. The van der Waals surface area contributed by atoms with Gasteiger partial charge in [0.1, 0.15) is 0 Å². The van der Waals surface area contributed by atoms with Crippen molar-refractivity contribution in [2.75, 3.05) is 19.5 Å². The molecule has 1 heterocycles. The molecule has 0 atom stereocenters. The molecule has 0 bridgehead atoms. The Bertz CT molecular complexity index is 393. The number of hydrogen-bond acceptors (Lipinski definition) is 4. The molecule has 1 aromatic rings. The number of aromatic carboxylic acids is 1. The maximum Gasteiger partial charge on any atom is 0.338 e. The van der Waals surface area contributed by atoms with Gasteiger partial charge >= 0.3 is 5.97 Å². The molecule has 0 aliphatic rings. The van der Waals surface area contributed by atoms with Gasteiger partial charge in [-0.15, -0.1) is 11.8 Å². The highest BCUT2D eigenvalue weighted by Gasteiger charge is 2.15. The zero-order valence-electron chi connectivity index (χ0n) is 9.61. The summed E-state index contributed by atoms with van der Waals surface area (Å²) in [5.41, 5.74) is 1.70. The van der Waals surface area contributed by atoms with Gasteiger partial charge in [0.25, 0.3) is 0 Å². The van der Waals surface area contributed by atoms with Gasteiger partial charge in [-0.3, -0.25) is 4.98 Å². The largest absolute Gasteiger partial charge is 0.478 e. The third kappa shape index (κ3) is 3.21. The number of carbonyl (C=O) groups is 1. The van der Waals surface area contributed by atoms with Gasteiger partial charge < -0.3 is 9.84 Å². The topological polar surface area (TPSA) is 59.4 Å². The van der Waals surface area contributed by atoms with Gasteiger partial charge in [0.15, 0.2) is 0 Å². The number of nitrogens with zero attached hydrogens (tertiary/aromatic N) is 1. The van der Waals surface area contributed by atoms with Crippen molar-refractivity contribution in [3.63, 3.8) is 0 Å². The van der Waals surface area contributed by atoms with Gasteiger partial charge in [0.2, 0.25) is 0 Å². The molecular weight excluding hydrogens is 226 g/mol. The minimum Gasteiger partial charge on any atom is -0.478 e. The number of hydrogen-bond donors (Lipinski definition) is 1. The predicted molar refractivity (Wildman–Crippen MR) is 63.3 cm³/mol. The van der Waals surface area contributed by atoms with Crippen LogP contribution >= 0.6 is 11.8 Å². The van der Waals surface area contributed by atoms with Gasteiger partial charge in [-0.2, -0.15) is 0 Å². The van der Waals surface area contributed by atoms with Crippen molar-refractivity contribution in [3.05, 3.63) is 23.0 Å². The van der Waals surface area contributed by atoms with Crippen LogP contribution < -0.4 is 0 Å². The van der Waals surface area contributed by atoms with E-state index in [9.17, 15) is 4.79 Å². The summed E-state index contributed by atoms with van der Waals surface area (Å²) >= 11 is 1.48. The van der Waals surface area contributed by atoms with Crippen molar-refractivity contribution >= 4 is 17.7 Å². The average Bonchev–Trinajstić information content (AvgIpc) is 2.16. The van der Waals surface area contributed by atoms with Crippen LogP contribution in [-0.4, -0.2) is 35.5 Å². The van der Waals surface area contributed by atoms with E-state index in [1.807, 2.05) is 6.92 Å². The van der Waals surface area contributed by atoms with Crippen molar-refractivity contribution in [1.29, 1.82) is 0 Å². The Balaban J connectivity index is 2.99. The number of ether oxygens (including phenoxy) is 1. The fraction of sp³-hybridized carbons (Fsp3) is 0.455. The van der Waals surface area contributed by atoms with Crippen LogP contribution in [0, 0.1) is 13.8 Å². The third-order valence-electron chi connectivity index (χ3n) is 2.05. The lowest BCUT2D eigenvalue weighted by Crippen LogP contribution is -2.06. The number of carboxylic acids is 1. The molecule has 5 heteroatoms. The Labute approximate surface area is 99.0 Å². The van der Waals surface area contributed by atoms with Gasteiger partial charge in [-0.1, -0.05) is 0 Å². The maximum atomic E-state index is 11.1. The first kappa shape index (κ1) is 13.0. The first-order valence-corrected chi connectivity index (χ1v) is 5.88. The van der Waals surface area contributed by atoms with E-state index in [-0.39, 0.29) is 0 Å². The fourth-order valence-electron chi connectivity index (χ4n) is 1.40. The molecule has 1 rings (SSSR count). The summed E-state index contributed by atoms with van der Waals surface area (Å²) in [6.07, 6.45) is 0. The van der Waals surface area contributed by atoms with Crippen LogP contribution in [0.2, 0.25) is 0 Å². The zero-order chi connectivity index (χ0) is 12.1. The lowest BCUT2D eigenvalue weighted by molar-refractivity contribution is 0.0691. The summed E-state index contributed by atoms with van der Waals surface area (Å²) in [6.45, 7) is 4.18. The molecule has 0 aliphatic carbocycles. The molecule has 4 nitrogen and oxygen atoms in total. The molecule has 88 valence electrons. The maximum absolute atomic E-state index is 11.1. The van der Waals surface area contributed by atoms with Gasteiger partial charge in [-0.05, 0) is 19.9 Å². The first-order valence-electron chi connectivity index (χ1n) is 4.89. The van der Waals surface area contributed by atoms with Gasteiger partial charge in [-0.25, -0.2) is 4.79 Å². The molecule has 0 aliphatic heterocycles. The minimum absolute atomic E-state index is 0.298. The molecule has 0 unspecified atom stereocenters. The number of aryl methyl sites for hydroxylation is 2. The summed E-state index contributed by atoms with van der Waals surface area (Å²) < 4.78 is 4.94. The summed E-state index contributed by atoms with van der Waals surface area (Å²) in [6, 6.07) is 1.80. The fourth-order valence-corrected chi connectivity index (χ4v) is 2.50. The van der Waals surface area contributed by atoms with E-state index in [1.54, 1.807) is 20.1 Å². The molecule has 0 aromatic carbocycles. The van der Waals surface area contributed by atoms with E-state index in [2.05, 4.69) is 4.98 Å². The first-order chi connectivity index (χ1) is 7.56. The molecule has 0 saturated carbocycles. The standard InChI is InChI=1S/C11H15NO3S/c1-7-6-9(16-5-4-15-3)10(11(13)14)8(2)12-7/h6H,4-5H2,1-3H3,(H,13,14). The van der Waals surface area contributed by atoms with Crippen molar-refractivity contribution in [2.24, 2.45) is 0 Å². The minimum atomic E-state index is -0.926. The molecule has 0 fully saturated rings. The number of thioether (sulfide) groups is 1. The number of pyridine rings is 1. The quantitative estimate of drug-likeness (QED) is 0.632. The molecule has 0 saturated heterocycles. The van der Waals surface area contributed by atoms with E-state index < -0.39 is 5.97 Å². The van der Waals surface area contributed by atoms with E-state index in [0.29, 0.717) is 17.9 Å². The highest BCUT2D eigenvalue weighted by Crippen LogP contribution is 2.25. The monoisotopic (exact) mass is 241 g/mol. The normalized spacial score (nSPS) is 10.4. The van der Waals surface area contributed by atoms with Crippen molar-refractivity contribution in [2.45, 2.75) is 18.7 Å². The SMILES string of the molecule is COCCSc1cc(C)nc(C)c1C(=O)O. The van der Waals surface area contributed by atoms with Crippen LogP contribution in [0.5, 0.6) is 0 Å². The molecule has 1 aromatic heterocycles. The predicted octanol–water partition coefficient (Wildman–Crippen LogP) is 2.14. The molecular formula is C11H15NO3S. The van der Waals surface area contributed by atoms with Crippen LogP contribution in [0.4, 0.5) is 0 Å². The molecule has 0 radical (unpaired) electrons. The van der Waals surface area contributed by atoms with Gasteiger partial charge in [0, 0.05) is 23.5 Å². The summed E-state index contributed by atoms with van der Waals surface area (Å²) in [5, 5.41) is 9.11. The zero-order valence-corrected chi connectivity index (χ0v) is 10.4. The highest BCUT2D eigenvalue weighted by molar-refractivity contribution is 7.99. The number of rotatable bonds is 5. The van der Waals surface area contributed by atoms with Crippen LogP contribution in [0.25, 0.3) is 0 Å². The lowest BCUT2D eigenvalue weighted by atomic mass is 10.2. The van der Waals surface area contributed by atoms with Crippen molar-refractivity contribution < 1.29 is 14.6 Å². The van der Waals surface area contributed by atoms with Crippen LogP contribution in [0.1, 0.15) is 21.7 Å². The Morgan fingerprint density at radius 2 is 2.25 bits per heavy atom. The molecule has 0 spiro atoms. The van der Waals surface area contributed by atoms with E-state index in [4.69, 9.17) is 9.84 Å². The van der Waals surface area contributed by atoms with Crippen molar-refractivity contribution in [3.8, 4) is 0 Å². The summed E-state index contributed by atoms with van der Waals surface area (Å²) in [5.74, 6) is -0.190. The smallest absolute Gasteiger partial charge is 0.338 e. The van der Waals surface area contributed by atoms with E-state index in [1.165, 1.54) is 11.8 Å². The van der Waals surface area contributed by atoms with Crippen LogP contribution in [0.3, 0.4) is 0 Å². The summed E-state index contributed by atoms with van der Waals surface area (Å²) in [7, 11) is 1.63. The molecule has 16 heavy (non-hydrogen) atoms. The Kier molecular flexibility index (Phi) is 4.76. The van der Waals surface area contributed by atoms with Crippen molar-refractivity contribution in [1.82, 2.24) is 4.98 Å². The Morgan fingerprint density at radius 3 is 2.81 bits per heavy atom. The second kappa shape index (κ2) is 5.86. The van der Waals surface area contributed by atoms with Crippen LogP contribution in [-0.2, 0) is 4.74 Å². The van der Waals surface area contributed by atoms with E-state index in [0.717, 1.165) is 16.3 Å². The Hall–Kier alpha value is -1.07. The summed E-state index contributed by atoms with van der Waals surface area (Å²) in [4.78, 5) is 16.0.